The van der Waals surface area contributed by atoms with Gasteiger partial charge in [-0.3, -0.25) is 9.54 Å². The third-order valence-corrected chi connectivity index (χ3v) is 1.95. The van der Waals surface area contributed by atoms with Gasteiger partial charge in [0.05, 0.1) is 5.75 Å². The average molecular weight is 446 g/mol. The van der Waals surface area contributed by atoms with Crippen LogP contribution in [0, 0.1) is 0 Å². The van der Waals surface area contributed by atoms with E-state index in [0.29, 0.717) is 6.42 Å². The second-order valence-corrected chi connectivity index (χ2v) is 3.88. The summed E-state index contributed by atoms with van der Waals surface area (Å²) in [5.41, 5.74) is 0. The maximum Gasteiger partial charge on any atom is 0.264 e. The number of hydrogen-bond donors (Lipinski definition) is 1. The standard InChI is InChI=1S/C5H5N.C3H8O3S.3BrH/c1-2-4-6-5-3-1;1-2-3-7(4,5)6;;;/h1-5H;2-3H2,1H3,(H,4,5,6);3*1H. The van der Waals surface area contributed by atoms with Gasteiger partial charge < -0.3 is 0 Å². The molecular formula is C8H16Br3NO3S. The fraction of sp³-hybridized carbons (Fsp3) is 0.375. The summed E-state index contributed by atoms with van der Waals surface area (Å²) in [6.45, 7) is 1.69. The smallest absolute Gasteiger partial charge is 0.264 e. The van der Waals surface area contributed by atoms with Crippen molar-refractivity contribution in [3.63, 3.8) is 0 Å². The molecule has 0 radical (unpaired) electrons. The van der Waals surface area contributed by atoms with Gasteiger partial charge in [-0.05, 0) is 18.6 Å². The molecule has 0 fully saturated rings. The van der Waals surface area contributed by atoms with Crippen molar-refractivity contribution in [1.82, 2.24) is 4.98 Å². The summed E-state index contributed by atoms with van der Waals surface area (Å²) in [5, 5.41) is 0. The Balaban J connectivity index is -0.0000000760. The lowest BCUT2D eigenvalue weighted by Gasteiger charge is -1.85. The lowest BCUT2D eigenvalue weighted by Crippen LogP contribution is -2.01. The van der Waals surface area contributed by atoms with E-state index >= 15 is 0 Å². The number of nitrogens with zero attached hydrogens (tertiary/aromatic N) is 1. The zero-order chi connectivity index (χ0) is 10.2. The predicted octanol–water partition coefficient (Wildman–Crippen LogP) is 3.10. The van der Waals surface area contributed by atoms with Crippen LogP contribution in [0.5, 0.6) is 0 Å². The fourth-order valence-corrected chi connectivity index (χ4v) is 1.09. The summed E-state index contributed by atoms with van der Waals surface area (Å²) in [4.78, 5) is 3.78. The molecular weight excluding hydrogens is 430 g/mol. The number of halogens is 3. The highest BCUT2D eigenvalue weighted by molar-refractivity contribution is 8.93. The average Bonchev–Trinajstić information content (AvgIpc) is 2.06. The van der Waals surface area contributed by atoms with Crippen LogP contribution in [0.2, 0.25) is 0 Å². The van der Waals surface area contributed by atoms with E-state index in [1.165, 1.54) is 0 Å². The summed E-state index contributed by atoms with van der Waals surface area (Å²) in [7, 11) is -3.67. The maximum atomic E-state index is 9.79. The molecule has 1 aromatic rings. The van der Waals surface area contributed by atoms with Gasteiger partial charge >= 0.3 is 0 Å². The second-order valence-electron chi connectivity index (χ2n) is 2.31. The van der Waals surface area contributed by atoms with Crippen LogP contribution in [0.15, 0.2) is 30.6 Å². The number of hydrogen-bond acceptors (Lipinski definition) is 3. The third kappa shape index (κ3) is 24.0. The Kier molecular flexibility index (Phi) is 24.6. The van der Waals surface area contributed by atoms with Crippen molar-refractivity contribution in [2.24, 2.45) is 0 Å². The minimum Gasteiger partial charge on any atom is -0.286 e. The van der Waals surface area contributed by atoms with Gasteiger partial charge in [0.1, 0.15) is 0 Å². The molecule has 0 atom stereocenters. The molecule has 8 heteroatoms. The molecule has 1 N–H and O–H groups in total. The van der Waals surface area contributed by atoms with Crippen LogP contribution in [-0.2, 0) is 10.1 Å². The highest BCUT2D eigenvalue weighted by atomic mass is 79.9. The molecule has 1 aromatic heterocycles. The molecule has 0 aliphatic heterocycles. The van der Waals surface area contributed by atoms with Gasteiger partial charge in [0.25, 0.3) is 10.1 Å². The molecule has 1 heterocycles. The lowest BCUT2D eigenvalue weighted by molar-refractivity contribution is 0.482. The van der Waals surface area contributed by atoms with Crippen LogP contribution in [0.1, 0.15) is 13.3 Å². The first-order chi connectivity index (χ1) is 6.06. The van der Waals surface area contributed by atoms with Gasteiger partial charge in [0.2, 0.25) is 0 Å². The highest BCUT2D eigenvalue weighted by Crippen LogP contribution is 1.83. The van der Waals surface area contributed by atoms with Gasteiger partial charge in [-0.2, -0.15) is 8.42 Å². The van der Waals surface area contributed by atoms with Gasteiger partial charge in [-0.1, -0.05) is 13.0 Å². The Labute approximate surface area is 128 Å². The highest BCUT2D eigenvalue weighted by Gasteiger charge is 1.98. The molecule has 0 spiro atoms. The Morgan fingerprint density at radius 1 is 1.06 bits per heavy atom. The minimum atomic E-state index is -3.67. The fourth-order valence-electron chi connectivity index (χ4n) is 0.571. The molecule has 4 nitrogen and oxygen atoms in total. The van der Waals surface area contributed by atoms with E-state index in [-0.39, 0.29) is 56.7 Å². The second kappa shape index (κ2) is 15.5. The van der Waals surface area contributed by atoms with E-state index in [0.717, 1.165) is 0 Å². The van der Waals surface area contributed by atoms with E-state index in [1.54, 1.807) is 19.3 Å². The molecule has 0 bridgehead atoms. The molecule has 0 saturated heterocycles. The third-order valence-electron chi connectivity index (χ3n) is 1.03. The van der Waals surface area contributed by atoms with E-state index in [1.807, 2.05) is 18.2 Å². The lowest BCUT2D eigenvalue weighted by atomic mass is 10.5. The van der Waals surface area contributed by atoms with E-state index in [4.69, 9.17) is 4.55 Å². The quantitative estimate of drug-likeness (QED) is 0.710. The minimum absolute atomic E-state index is 0. The van der Waals surface area contributed by atoms with Crippen molar-refractivity contribution >= 4 is 61.1 Å². The molecule has 0 unspecified atom stereocenters. The first kappa shape index (κ1) is 25.4. The topological polar surface area (TPSA) is 67.3 Å². The van der Waals surface area contributed by atoms with Gasteiger partial charge in [0, 0.05) is 12.4 Å². The number of aromatic nitrogens is 1. The van der Waals surface area contributed by atoms with Crippen LogP contribution in [0.25, 0.3) is 0 Å². The Hall–Kier alpha value is 0.500. The van der Waals surface area contributed by atoms with Crippen LogP contribution in [0.3, 0.4) is 0 Å². The van der Waals surface area contributed by atoms with Crippen molar-refractivity contribution < 1.29 is 13.0 Å². The van der Waals surface area contributed by atoms with Crippen LogP contribution < -0.4 is 0 Å². The van der Waals surface area contributed by atoms with Crippen LogP contribution in [-0.4, -0.2) is 23.7 Å². The summed E-state index contributed by atoms with van der Waals surface area (Å²) < 4.78 is 27.6. The van der Waals surface area contributed by atoms with Crippen LogP contribution in [0.4, 0.5) is 0 Å². The Morgan fingerprint density at radius 2 is 1.50 bits per heavy atom. The summed E-state index contributed by atoms with van der Waals surface area (Å²) in [6, 6.07) is 5.72. The molecule has 1 rings (SSSR count). The van der Waals surface area contributed by atoms with E-state index in [9.17, 15) is 8.42 Å². The van der Waals surface area contributed by atoms with Gasteiger partial charge in [0.15, 0.2) is 0 Å². The molecule has 0 amide bonds. The Morgan fingerprint density at radius 3 is 1.56 bits per heavy atom. The van der Waals surface area contributed by atoms with Crippen molar-refractivity contribution in [2.75, 3.05) is 5.75 Å². The first-order valence-electron chi connectivity index (χ1n) is 3.86. The van der Waals surface area contributed by atoms with Crippen molar-refractivity contribution in [3.05, 3.63) is 30.6 Å². The maximum absolute atomic E-state index is 9.79. The number of pyridine rings is 1. The molecule has 16 heavy (non-hydrogen) atoms. The first-order valence-corrected chi connectivity index (χ1v) is 5.47. The predicted molar refractivity (Wildman–Crippen MR) is 81.9 cm³/mol. The normalized spacial score (nSPS) is 8.12. The Bertz CT molecular complexity index is 281. The number of rotatable bonds is 2. The van der Waals surface area contributed by atoms with Crippen LogP contribution >= 0.6 is 50.9 Å². The zero-order valence-electron chi connectivity index (χ0n) is 8.64. The molecule has 98 valence electrons. The van der Waals surface area contributed by atoms with E-state index < -0.39 is 10.1 Å². The SMILES string of the molecule is Br.Br.Br.CCCS(=O)(=O)O.c1ccncc1. The van der Waals surface area contributed by atoms with Crippen molar-refractivity contribution in [3.8, 4) is 0 Å². The monoisotopic (exact) mass is 443 g/mol. The molecule has 0 aliphatic rings. The summed E-state index contributed by atoms with van der Waals surface area (Å²) in [6.07, 6.45) is 3.97. The molecule has 0 aromatic carbocycles. The molecule has 0 saturated carbocycles. The van der Waals surface area contributed by atoms with Gasteiger partial charge in [-0.25, -0.2) is 0 Å². The van der Waals surface area contributed by atoms with E-state index in [2.05, 4.69) is 4.98 Å². The summed E-state index contributed by atoms with van der Waals surface area (Å²) >= 11 is 0. The molecule has 0 aliphatic carbocycles. The largest absolute Gasteiger partial charge is 0.286 e. The van der Waals surface area contributed by atoms with Gasteiger partial charge in [-0.15, -0.1) is 50.9 Å². The summed E-state index contributed by atoms with van der Waals surface area (Å²) in [5.74, 6) is -0.132. The van der Waals surface area contributed by atoms with Crippen molar-refractivity contribution in [1.29, 1.82) is 0 Å². The zero-order valence-corrected chi connectivity index (χ0v) is 14.6. The van der Waals surface area contributed by atoms with Crippen molar-refractivity contribution in [2.45, 2.75) is 13.3 Å².